The molecule has 3 aromatic carbocycles. The van der Waals surface area contributed by atoms with Crippen molar-refractivity contribution < 1.29 is 13.9 Å². The van der Waals surface area contributed by atoms with E-state index in [2.05, 4.69) is 20.9 Å². The summed E-state index contributed by atoms with van der Waals surface area (Å²) in [6.07, 6.45) is 0. The molecule has 34 heavy (non-hydrogen) atoms. The van der Waals surface area contributed by atoms with Crippen LogP contribution in [-0.2, 0) is 11.4 Å². The number of nitrogens with one attached hydrogen (secondary N) is 2. The number of carbonyl (C=O) groups excluding carboxylic acids is 1. The van der Waals surface area contributed by atoms with Crippen LogP contribution in [0.5, 0.6) is 5.75 Å². The van der Waals surface area contributed by atoms with E-state index < -0.39 is 11.3 Å². The first-order valence-electron chi connectivity index (χ1n) is 10.8. The standard InChI is InChI=1S/C25H22FN5O2S/c1-16-7-5-6-10-20(16)27-24(32)23-22(17-11-13-18(26)14-12-17)30-31-21(28-29-25(31)34-23)15-33-19-8-3-2-4-9-19/h2-14,22-23,30H,15H2,1H3,(H,27,32)/t22-,23-/m1/s1. The molecular formula is C25H22FN5O2S. The van der Waals surface area contributed by atoms with Crippen LogP contribution in [0.2, 0.25) is 0 Å². The molecule has 172 valence electrons. The number of hydrogen-bond acceptors (Lipinski definition) is 6. The average Bonchev–Trinajstić information content (AvgIpc) is 3.26. The van der Waals surface area contributed by atoms with Crippen LogP contribution in [0.3, 0.4) is 0 Å². The van der Waals surface area contributed by atoms with Crippen LogP contribution in [0.25, 0.3) is 0 Å². The van der Waals surface area contributed by atoms with Gasteiger partial charge in [0.05, 0.1) is 6.04 Å². The minimum atomic E-state index is -0.565. The largest absolute Gasteiger partial charge is 0.486 e. The van der Waals surface area contributed by atoms with Gasteiger partial charge in [0.15, 0.2) is 5.82 Å². The first-order valence-corrected chi connectivity index (χ1v) is 11.6. The van der Waals surface area contributed by atoms with Gasteiger partial charge in [-0.15, -0.1) is 10.2 Å². The lowest BCUT2D eigenvalue weighted by molar-refractivity contribution is -0.116. The highest BCUT2D eigenvalue weighted by Crippen LogP contribution is 2.38. The van der Waals surface area contributed by atoms with Crippen molar-refractivity contribution in [3.63, 3.8) is 0 Å². The molecule has 1 aromatic heterocycles. The minimum Gasteiger partial charge on any atom is -0.486 e. The van der Waals surface area contributed by atoms with Gasteiger partial charge in [-0.05, 0) is 48.4 Å². The molecule has 0 saturated heterocycles. The maximum absolute atomic E-state index is 13.6. The summed E-state index contributed by atoms with van der Waals surface area (Å²) < 4.78 is 21.2. The Hall–Kier alpha value is -3.85. The van der Waals surface area contributed by atoms with E-state index in [4.69, 9.17) is 4.74 Å². The Balaban J connectivity index is 1.43. The second-order valence-electron chi connectivity index (χ2n) is 7.84. The number of hydrogen-bond donors (Lipinski definition) is 2. The zero-order valence-corrected chi connectivity index (χ0v) is 19.1. The third kappa shape index (κ3) is 4.60. The summed E-state index contributed by atoms with van der Waals surface area (Å²) in [6.45, 7) is 2.13. The molecule has 7 nitrogen and oxygen atoms in total. The third-order valence-corrected chi connectivity index (χ3v) is 6.72. The van der Waals surface area contributed by atoms with E-state index in [9.17, 15) is 9.18 Å². The Kier molecular flexibility index (Phi) is 6.18. The highest BCUT2D eigenvalue weighted by molar-refractivity contribution is 8.00. The van der Waals surface area contributed by atoms with Crippen LogP contribution < -0.4 is 15.5 Å². The molecule has 0 radical (unpaired) electrons. The number of anilines is 1. The topological polar surface area (TPSA) is 81.1 Å². The lowest BCUT2D eigenvalue weighted by Crippen LogP contribution is -2.41. The molecule has 0 aliphatic carbocycles. The normalized spacial score (nSPS) is 16.9. The lowest BCUT2D eigenvalue weighted by Gasteiger charge is -2.33. The third-order valence-electron chi connectivity index (χ3n) is 5.51. The number of ether oxygens (including phenoxy) is 1. The maximum Gasteiger partial charge on any atom is 0.240 e. The van der Waals surface area contributed by atoms with Gasteiger partial charge in [-0.25, -0.2) is 9.07 Å². The Morgan fingerprint density at radius 1 is 1.06 bits per heavy atom. The van der Waals surface area contributed by atoms with Crippen LogP contribution in [-0.4, -0.2) is 26.0 Å². The second-order valence-corrected chi connectivity index (χ2v) is 8.95. The van der Waals surface area contributed by atoms with Gasteiger partial charge < -0.3 is 15.5 Å². The predicted molar refractivity (Wildman–Crippen MR) is 129 cm³/mol. The Bertz CT molecular complexity index is 1300. The lowest BCUT2D eigenvalue weighted by atomic mass is 10.0. The van der Waals surface area contributed by atoms with E-state index in [1.165, 1.54) is 23.9 Å². The number of nitrogens with zero attached hydrogens (tertiary/aromatic N) is 3. The van der Waals surface area contributed by atoms with Gasteiger partial charge in [0.1, 0.15) is 23.4 Å². The molecule has 4 aromatic rings. The average molecular weight is 476 g/mol. The SMILES string of the molecule is Cc1ccccc1NC(=O)[C@@H]1Sc2nnc(COc3ccccc3)n2N[C@@H]1c1ccc(F)cc1. The second kappa shape index (κ2) is 9.56. The molecule has 2 heterocycles. The molecule has 0 saturated carbocycles. The Morgan fingerprint density at radius 2 is 1.79 bits per heavy atom. The van der Waals surface area contributed by atoms with E-state index >= 15 is 0 Å². The zero-order valence-electron chi connectivity index (χ0n) is 18.3. The highest BCUT2D eigenvalue weighted by atomic mass is 32.2. The monoisotopic (exact) mass is 475 g/mol. The fourth-order valence-corrected chi connectivity index (χ4v) is 4.79. The fourth-order valence-electron chi connectivity index (χ4n) is 3.69. The first kappa shape index (κ1) is 22.0. The zero-order chi connectivity index (χ0) is 23.5. The molecule has 1 amide bonds. The molecule has 9 heteroatoms. The summed E-state index contributed by atoms with van der Waals surface area (Å²) in [5.41, 5.74) is 5.84. The van der Waals surface area contributed by atoms with Crippen LogP contribution in [0.15, 0.2) is 84.0 Å². The van der Waals surface area contributed by atoms with Gasteiger partial charge in [-0.2, -0.15) is 0 Å². The molecule has 0 spiro atoms. The fraction of sp³-hybridized carbons (Fsp3) is 0.160. The van der Waals surface area contributed by atoms with Crippen molar-refractivity contribution in [1.29, 1.82) is 0 Å². The molecule has 0 fully saturated rings. The maximum atomic E-state index is 13.6. The minimum absolute atomic E-state index is 0.183. The first-order chi connectivity index (χ1) is 16.6. The summed E-state index contributed by atoms with van der Waals surface area (Å²) >= 11 is 1.31. The Morgan fingerprint density at radius 3 is 2.56 bits per heavy atom. The molecule has 5 rings (SSSR count). The molecule has 1 aliphatic heterocycles. The highest BCUT2D eigenvalue weighted by Gasteiger charge is 2.38. The molecule has 2 N–H and O–H groups in total. The van der Waals surface area contributed by atoms with Crippen molar-refractivity contribution >= 4 is 23.4 Å². The number of halogens is 1. The van der Waals surface area contributed by atoms with E-state index in [0.29, 0.717) is 16.7 Å². The van der Waals surface area contributed by atoms with Gasteiger partial charge in [0, 0.05) is 5.69 Å². The predicted octanol–water partition coefficient (Wildman–Crippen LogP) is 4.70. The molecular weight excluding hydrogens is 453 g/mol. The summed E-state index contributed by atoms with van der Waals surface area (Å²) in [4.78, 5) is 13.4. The number of amides is 1. The van der Waals surface area contributed by atoms with Crippen molar-refractivity contribution in [2.45, 2.75) is 30.0 Å². The van der Waals surface area contributed by atoms with E-state index in [1.54, 1.807) is 16.8 Å². The van der Waals surface area contributed by atoms with Crippen molar-refractivity contribution in [3.8, 4) is 5.75 Å². The van der Waals surface area contributed by atoms with E-state index in [1.807, 2.05) is 61.5 Å². The van der Waals surface area contributed by atoms with Crippen LogP contribution in [0, 0.1) is 12.7 Å². The van der Waals surface area contributed by atoms with Gasteiger partial charge >= 0.3 is 0 Å². The number of thioether (sulfide) groups is 1. The van der Waals surface area contributed by atoms with Gasteiger partial charge in [-0.1, -0.05) is 60.3 Å². The Labute approximate surface area is 200 Å². The molecule has 1 aliphatic rings. The van der Waals surface area contributed by atoms with Gasteiger partial charge in [-0.3, -0.25) is 4.79 Å². The molecule has 0 bridgehead atoms. The van der Waals surface area contributed by atoms with Crippen LogP contribution >= 0.6 is 11.8 Å². The smallest absolute Gasteiger partial charge is 0.240 e. The number of para-hydroxylation sites is 2. The summed E-state index contributed by atoms with van der Waals surface area (Å²) in [7, 11) is 0. The van der Waals surface area contributed by atoms with E-state index in [-0.39, 0.29) is 18.3 Å². The number of fused-ring (bicyclic) bond motifs is 1. The van der Waals surface area contributed by atoms with Crippen molar-refractivity contribution in [2.75, 3.05) is 10.7 Å². The van der Waals surface area contributed by atoms with Crippen molar-refractivity contribution in [2.24, 2.45) is 0 Å². The van der Waals surface area contributed by atoms with Crippen LogP contribution in [0.4, 0.5) is 10.1 Å². The summed E-state index contributed by atoms with van der Waals surface area (Å²) in [6, 6.07) is 22.7. The number of aromatic nitrogens is 3. The number of aryl methyl sites for hydroxylation is 1. The quantitative estimate of drug-likeness (QED) is 0.421. The summed E-state index contributed by atoms with van der Waals surface area (Å²) in [5.74, 6) is 0.762. The summed E-state index contributed by atoms with van der Waals surface area (Å²) in [5, 5.41) is 11.5. The number of rotatable bonds is 6. The van der Waals surface area contributed by atoms with Gasteiger partial charge in [0.2, 0.25) is 11.1 Å². The molecule has 0 unspecified atom stereocenters. The van der Waals surface area contributed by atoms with Crippen molar-refractivity contribution in [1.82, 2.24) is 14.9 Å². The van der Waals surface area contributed by atoms with Crippen LogP contribution in [0.1, 0.15) is 23.0 Å². The van der Waals surface area contributed by atoms with Crippen molar-refractivity contribution in [3.05, 3.63) is 102 Å². The van der Waals surface area contributed by atoms with Gasteiger partial charge in [0.25, 0.3) is 0 Å². The molecule has 2 atom stereocenters. The number of benzene rings is 3. The number of carbonyl (C=O) groups is 1. The van der Waals surface area contributed by atoms with E-state index in [0.717, 1.165) is 16.8 Å².